The smallest absolute Gasteiger partial charge is 0.0540 e. The van der Waals surface area contributed by atoms with Crippen molar-refractivity contribution in [2.45, 2.75) is 71.6 Å². The Bertz CT molecular complexity index is 4420. The molecule has 0 aromatic heterocycles. The average molecular weight is 1040 g/mol. The normalized spacial score (nSPS) is 13.3. The van der Waals surface area contributed by atoms with Gasteiger partial charge in [-0.1, -0.05) is 225 Å². The topological polar surface area (TPSA) is 6.48 Å². The Morgan fingerprint density at radius 3 is 0.926 bits per heavy atom. The third-order valence-corrected chi connectivity index (χ3v) is 18.1. The van der Waals surface area contributed by atoms with Crippen LogP contribution in [0.25, 0.3) is 98.0 Å². The molecule has 2 heteroatoms. The van der Waals surface area contributed by atoms with Crippen LogP contribution in [0.2, 0.25) is 0 Å². The van der Waals surface area contributed by atoms with Crippen LogP contribution in [0.1, 0.15) is 77.6 Å². The van der Waals surface area contributed by atoms with Gasteiger partial charge >= 0.3 is 0 Å². The number of hydrogen-bond donors (Lipinski definition) is 0. The van der Waals surface area contributed by atoms with Crippen LogP contribution >= 0.6 is 0 Å². The molecule has 0 amide bonds. The lowest BCUT2D eigenvalue weighted by molar-refractivity contribution is 0.590. The molecule has 0 heterocycles. The summed E-state index contributed by atoms with van der Waals surface area (Å²) in [6.07, 6.45) is 0. The predicted octanol–water partition coefficient (Wildman–Crippen LogP) is 22.7. The highest BCUT2D eigenvalue weighted by Gasteiger charge is 2.36. The summed E-state index contributed by atoms with van der Waals surface area (Å²) in [5, 5.41) is 15.4. The van der Waals surface area contributed by atoms with Crippen LogP contribution in [0.5, 0.6) is 0 Å². The molecule has 1 aliphatic rings. The van der Waals surface area contributed by atoms with E-state index in [1.165, 1.54) is 132 Å². The molecule has 0 atom stereocenters. The van der Waals surface area contributed by atoms with E-state index in [1.54, 1.807) is 0 Å². The molecule has 14 aromatic rings. The molecule has 1 aliphatic carbocycles. The van der Waals surface area contributed by atoms with Crippen molar-refractivity contribution in [3.63, 3.8) is 0 Å². The zero-order valence-electron chi connectivity index (χ0n) is 47.5. The quantitative estimate of drug-likeness (QED) is 0.140. The minimum absolute atomic E-state index is 0.0531. The summed E-state index contributed by atoms with van der Waals surface area (Å²) >= 11 is 0. The summed E-state index contributed by atoms with van der Waals surface area (Å²) in [5.41, 5.74) is 19.6. The SMILES string of the molecule is CC(C)(C)c1ccc(N(c2ccc(-c3ccc4c(c3)C(C)(C)c3cc(-c5ccc(N(c6ccc(C(C)(C)C)cc6)c6ccc7ccc8cccc9ccc6c7c89)cc5)ccc3-4)cc2)c2ccc3ccc4cccc5ccc2c3c45)cc1. The van der Waals surface area contributed by atoms with Crippen LogP contribution in [0.3, 0.4) is 0 Å². The fourth-order valence-electron chi connectivity index (χ4n) is 13.6. The molecule has 0 N–H and O–H groups in total. The summed E-state index contributed by atoms with van der Waals surface area (Å²) in [4.78, 5) is 4.90. The highest BCUT2D eigenvalue weighted by molar-refractivity contribution is 6.27. The number of fused-ring (bicyclic) bond motifs is 3. The van der Waals surface area contributed by atoms with Gasteiger partial charge in [-0.05, 0) is 193 Å². The van der Waals surface area contributed by atoms with Crippen molar-refractivity contribution in [2.75, 3.05) is 9.80 Å². The van der Waals surface area contributed by atoms with E-state index >= 15 is 0 Å². The van der Waals surface area contributed by atoms with Gasteiger partial charge in [-0.15, -0.1) is 0 Å². The monoisotopic (exact) mass is 1040 g/mol. The lowest BCUT2D eigenvalue weighted by Gasteiger charge is -2.29. The maximum Gasteiger partial charge on any atom is 0.0540 e. The number of nitrogens with zero attached hydrogens (tertiary/aromatic N) is 2. The Balaban J connectivity index is 0.759. The zero-order chi connectivity index (χ0) is 55.1. The number of hydrogen-bond acceptors (Lipinski definition) is 2. The van der Waals surface area contributed by atoms with E-state index in [-0.39, 0.29) is 16.2 Å². The standard InChI is InChI=1S/C79H64N2/c1-77(2,3)59-29-37-63(38-30-59)80(71-45-27-55-17-15-51-11-9-13-53-23-43-67(71)75(55)73(51)53)61-33-19-49(20-34-61)57-25-41-65-66-42-26-58(48-70(66)79(7,8)69(65)47-57)50-21-35-62(36-22-50)81(64-39-31-60(32-40-64)78(4,5)6)72-46-28-56-18-16-52-12-10-14-54-24-44-68(72)76(56)74(52)54/h9-48H,1-8H3. The van der Waals surface area contributed by atoms with E-state index < -0.39 is 0 Å². The van der Waals surface area contributed by atoms with E-state index in [4.69, 9.17) is 0 Å². The molecule has 0 spiro atoms. The van der Waals surface area contributed by atoms with E-state index in [2.05, 4.69) is 308 Å². The van der Waals surface area contributed by atoms with Crippen molar-refractivity contribution >= 4 is 98.8 Å². The molecular weight excluding hydrogens is 977 g/mol. The molecule has 0 bridgehead atoms. The summed E-state index contributed by atoms with van der Waals surface area (Å²) in [6, 6.07) is 91.9. The van der Waals surface area contributed by atoms with Crippen LogP contribution < -0.4 is 9.80 Å². The average Bonchev–Trinajstić information content (AvgIpc) is 3.88. The fourth-order valence-corrected chi connectivity index (χ4v) is 13.6. The molecule has 14 aromatic carbocycles. The van der Waals surface area contributed by atoms with Crippen LogP contribution in [-0.4, -0.2) is 0 Å². The third kappa shape index (κ3) is 7.83. The third-order valence-electron chi connectivity index (χ3n) is 18.1. The fraction of sp³-hybridized carbons (Fsp3) is 0.139. The first-order chi connectivity index (χ1) is 39.2. The minimum atomic E-state index is -0.202. The molecule has 390 valence electrons. The second-order valence-electron chi connectivity index (χ2n) is 25.4. The van der Waals surface area contributed by atoms with Crippen LogP contribution in [0.4, 0.5) is 34.1 Å². The van der Waals surface area contributed by atoms with Gasteiger partial charge in [-0.3, -0.25) is 0 Å². The highest BCUT2D eigenvalue weighted by Crippen LogP contribution is 2.52. The number of rotatable bonds is 8. The van der Waals surface area contributed by atoms with Crippen LogP contribution in [0.15, 0.2) is 243 Å². The van der Waals surface area contributed by atoms with Crippen molar-refractivity contribution < 1.29 is 0 Å². The van der Waals surface area contributed by atoms with Crippen LogP contribution in [0, 0.1) is 0 Å². The summed E-state index contributed by atoms with van der Waals surface area (Å²) in [7, 11) is 0. The maximum absolute atomic E-state index is 2.45. The Labute approximate surface area is 475 Å². The molecule has 0 saturated carbocycles. The molecule has 2 nitrogen and oxygen atoms in total. The van der Waals surface area contributed by atoms with Crippen molar-refractivity contribution in [1.29, 1.82) is 0 Å². The van der Waals surface area contributed by atoms with E-state index in [1.807, 2.05) is 0 Å². The summed E-state index contributed by atoms with van der Waals surface area (Å²) in [6.45, 7) is 18.5. The first-order valence-electron chi connectivity index (χ1n) is 28.8. The summed E-state index contributed by atoms with van der Waals surface area (Å²) in [5.74, 6) is 0. The first kappa shape index (κ1) is 48.9. The van der Waals surface area contributed by atoms with Crippen molar-refractivity contribution in [1.82, 2.24) is 0 Å². The number of anilines is 6. The molecular formula is C79H64N2. The molecule has 0 fully saturated rings. The second kappa shape index (κ2) is 17.9. The molecule has 0 aliphatic heterocycles. The van der Waals surface area contributed by atoms with Gasteiger partial charge in [-0.2, -0.15) is 0 Å². The van der Waals surface area contributed by atoms with E-state index in [0.29, 0.717) is 0 Å². The molecule has 81 heavy (non-hydrogen) atoms. The van der Waals surface area contributed by atoms with Gasteiger partial charge < -0.3 is 9.80 Å². The van der Waals surface area contributed by atoms with Gasteiger partial charge in [0.25, 0.3) is 0 Å². The van der Waals surface area contributed by atoms with Gasteiger partial charge in [0, 0.05) is 38.9 Å². The number of benzene rings is 14. The largest absolute Gasteiger partial charge is 0.310 e. The predicted molar refractivity (Wildman–Crippen MR) is 349 cm³/mol. The lowest BCUT2D eigenvalue weighted by atomic mass is 9.81. The van der Waals surface area contributed by atoms with Crippen LogP contribution in [-0.2, 0) is 16.2 Å². The van der Waals surface area contributed by atoms with Gasteiger partial charge in [-0.25, -0.2) is 0 Å². The van der Waals surface area contributed by atoms with E-state index in [0.717, 1.165) is 22.7 Å². The van der Waals surface area contributed by atoms with Gasteiger partial charge in [0.15, 0.2) is 0 Å². The van der Waals surface area contributed by atoms with Gasteiger partial charge in [0.05, 0.1) is 11.4 Å². The highest BCUT2D eigenvalue weighted by atomic mass is 15.1. The minimum Gasteiger partial charge on any atom is -0.310 e. The van der Waals surface area contributed by atoms with Crippen molar-refractivity contribution in [3.8, 4) is 33.4 Å². The van der Waals surface area contributed by atoms with E-state index in [9.17, 15) is 0 Å². The Morgan fingerprint density at radius 1 is 0.284 bits per heavy atom. The molecule has 0 saturated heterocycles. The first-order valence-corrected chi connectivity index (χ1v) is 28.8. The molecule has 0 unspecified atom stereocenters. The molecule has 0 radical (unpaired) electrons. The molecule has 15 rings (SSSR count). The maximum atomic E-state index is 2.45. The van der Waals surface area contributed by atoms with Gasteiger partial charge in [0.1, 0.15) is 0 Å². The Morgan fingerprint density at radius 2 is 0.580 bits per heavy atom. The van der Waals surface area contributed by atoms with Gasteiger partial charge in [0.2, 0.25) is 0 Å². The summed E-state index contributed by atoms with van der Waals surface area (Å²) < 4.78 is 0. The van der Waals surface area contributed by atoms with Crippen molar-refractivity contribution in [2.24, 2.45) is 0 Å². The second-order valence-corrected chi connectivity index (χ2v) is 25.4. The zero-order valence-corrected chi connectivity index (χ0v) is 47.5. The Hall–Kier alpha value is -9.24. The lowest BCUT2D eigenvalue weighted by Crippen LogP contribution is -2.15. The van der Waals surface area contributed by atoms with Crippen molar-refractivity contribution in [3.05, 3.63) is 265 Å². The Kier molecular flexibility index (Phi) is 10.8.